The Bertz CT molecular complexity index is 862. The minimum Gasteiger partial charge on any atom is -0.311 e. The molecule has 26 heavy (non-hydrogen) atoms. The highest BCUT2D eigenvalue weighted by molar-refractivity contribution is 6.31. The van der Waals surface area contributed by atoms with Gasteiger partial charge in [0, 0.05) is 17.1 Å². The Morgan fingerprint density at radius 2 is 1.88 bits per heavy atom. The Balaban J connectivity index is 1.87. The largest absolute Gasteiger partial charge is 0.311 e. The maximum Gasteiger partial charge on any atom is 0.124 e. The van der Waals surface area contributed by atoms with Gasteiger partial charge in [0.1, 0.15) is 17.2 Å². The summed E-state index contributed by atoms with van der Waals surface area (Å²) in [5.74, 6) is 0.207. The fraction of sp³-hybridized carbons (Fsp3) is 0.300. The van der Waals surface area contributed by atoms with Gasteiger partial charge in [0.25, 0.3) is 0 Å². The van der Waals surface area contributed by atoms with Crippen molar-refractivity contribution in [1.29, 1.82) is 0 Å². The van der Waals surface area contributed by atoms with E-state index in [1.807, 2.05) is 30.3 Å². The molecule has 1 heterocycles. The lowest BCUT2D eigenvalue weighted by Gasteiger charge is -2.06. The molecule has 0 saturated carbocycles. The molecular formula is C20H22ClFN4. The molecule has 3 aromatic rings. The van der Waals surface area contributed by atoms with E-state index in [9.17, 15) is 4.39 Å². The molecule has 0 atom stereocenters. The predicted octanol–water partition coefficient (Wildman–Crippen LogP) is 4.53. The van der Waals surface area contributed by atoms with Gasteiger partial charge < -0.3 is 5.32 Å². The Labute approximate surface area is 158 Å². The molecule has 1 N–H and O–H groups in total. The van der Waals surface area contributed by atoms with E-state index in [-0.39, 0.29) is 5.82 Å². The molecule has 4 nitrogen and oxygen atoms in total. The van der Waals surface area contributed by atoms with E-state index in [2.05, 4.69) is 29.4 Å². The van der Waals surface area contributed by atoms with Gasteiger partial charge in [0.15, 0.2) is 0 Å². The van der Waals surface area contributed by atoms with Gasteiger partial charge >= 0.3 is 0 Å². The third kappa shape index (κ3) is 4.68. The average Bonchev–Trinajstić information content (AvgIpc) is 3.01. The summed E-state index contributed by atoms with van der Waals surface area (Å²) in [5, 5.41) is 13.1. The molecule has 0 radical (unpaired) electrons. The van der Waals surface area contributed by atoms with E-state index in [0.29, 0.717) is 24.0 Å². The van der Waals surface area contributed by atoms with Gasteiger partial charge in [-0.1, -0.05) is 61.8 Å². The Hall–Kier alpha value is -2.24. The fourth-order valence-electron chi connectivity index (χ4n) is 2.67. The van der Waals surface area contributed by atoms with E-state index in [1.165, 1.54) is 12.1 Å². The lowest BCUT2D eigenvalue weighted by molar-refractivity contribution is 0.537. The van der Waals surface area contributed by atoms with Gasteiger partial charge in [-0.05, 0) is 30.2 Å². The quantitative estimate of drug-likeness (QED) is 0.662. The molecule has 136 valence electrons. The van der Waals surface area contributed by atoms with Gasteiger partial charge in [-0.3, -0.25) is 0 Å². The van der Waals surface area contributed by atoms with Crippen LogP contribution >= 0.6 is 11.6 Å². The first-order chi connectivity index (χ1) is 12.5. The normalized spacial score (nSPS) is 11.3. The van der Waals surface area contributed by atoms with E-state index >= 15 is 0 Å². The molecule has 0 aliphatic carbocycles. The van der Waals surface area contributed by atoms with E-state index in [0.717, 1.165) is 29.1 Å². The highest BCUT2D eigenvalue weighted by Crippen LogP contribution is 2.22. The summed E-state index contributed by atoms with van der Waals surface area (Å²) in [6, 6.07) is 14.4. The molecule has 0 saturated heterocycles. The van der Waals surface area contributed by atoms with Crippen LogP contribution in [0, 0.1) is 11.7 Å². The highest BCUT2D eigenvalue weighted by atomic mass is 35.5. The molecule has 0 unspecified atom stereocenters. The van der Waals surface area contributed by atoms with E-state index in [4.69, 9.17) is 11.6 Å². The van der Waals surface area contributed by atoms with E-state index < -0.39 is 0 Å². The van der Waals surface area contributed by atoms with Crippen molar-refractivity contribution in [2.45, 2.75) is 26.9 Å². The van der Waals surface area contributed by atoms with Crippen molar-refractivity contribution in [2.24, 2.45) is 5.92 Å². The number of nitrogens with zero attached hydrogens (tertiary/aromatic N) is 3. The van der Waals surface area contributed by atoms with E-state index in [1.54, 1.807) is 10.9 Å². The molecule has 0 spiro atoms. The van der Waals surface area contributed by atoms with Crippen LogP contribution in [-0.4, -0.2) is 21.5 Å². The zero-order valence-electron chi connectivity index (χ0n) is 14.9. The molecule has 2 aromatic carbocycles. The summed E-state index contributed by atoms with van der Waals surface area (Å²) in [7, 11) is 0. The molecule has 0 fully saturated rings. The summed E-state index contributed by atoms with van der Waals surface area (Å²) in [6.07, 6.45) is 0. The summed E-state index contributed by atoms with van der Waals surface area (Å²) in [6.45, 7) is 6.27. The first-order valence-electron chi connectivity index (χ1n) is 8.67. The SMILES string of the molecule is CC(C)CNCc1nn(Cc2ccc(F)cc2Cl)nc1-c1ccccc1. The van der Waals surface area contributed by atoms with Crippen molar-refractivity contribution in [2.75, 3.05) is 6.54 Å². The molecule has 3 rings (SSSR count). The first-order valence-corrected chi connectivity index (χ1v) is 9.05. The number of rotatable bonds is 7. The fourth-order valence-corrected chi connectivity index (χ4v) is 2.90. The standard InChI is InChI=1S/C20H22ClFN4/c1-14(2)11-23-12-19-20(15-6-4-3-5-7-15)25-26(24-19)13-16-8-9-17(22)10-18(16)21/h3-10,14,23H,11-13H2,1-2H3. The summed E-state index contributed by atoms with van der Waals surface area (Å²) in [5.41, 5.74) is 3.53. The minimum absolute atomic E-state index is 0.351. The van der Waals surface area contributed by atoms with Crippen molar-refractivity contribution in [3.63, 3.8) is 0 Å². The van der Waals surface area contributed by atoms with Crippen LogP contribution in [0.25, 0.3) is 11.3 Å². The van der Waals surface area contributed by atoms with Crippen LogP contribution in [0.5, 0.6) is 0 Å². The van der Waals surface area contributed by atoms with Crippen LogP contribution < -0.4 is 5.32 Å². The second-order valence-electron chi connectivity index (χ2n) is 6.65. The lowest BCUT2D eigenvalue weighted by atomic mass is 10.1. The monoisotopic (exact) mass is 372 g/mol. The summed E-state index contributed by atoms with van der Waals surface area (Å²) >= 11 is 6.14. The van der Waals surface area contributed by atoms with Crippen molar-refractivity contribution >= 4 is 11.6 Å². The van der Waals surface area contributed by atoms with Gasteiger partial charge in [-0.2, -0.15) is 15.0 Å². The minimum atomic E-state index is -0.351. The second-order valence-corrected chi connectivity index (χ2v) is 7.06. The van der Waals surface area contributed by atoms with Gasteiger partial charge in [-0.25, -0.2) is 4.39 Å². The zero-order chi connectivity index (χ0) is 18.5. The van der Waals surface area contributed by atoms with Crippen LogP contribution in [0.4, 0.5) is 4.39 Å². The van der Waals surface area contributed by atoms with Crippen molar-refractivity contribution in [3.05, 3.63) is 70.6 Å². The predicted molar refractivity (Wildman–Crippen MR) is 103 cm³/mol. The smallest absolute Gasteiger partial charge is 0.124 e. The zero-order valence-corrected chi connectivity index (χ0v) is 15.7. The number of benzene rings is 2. The Morgan fingerprint density at radius 3 is 2.58 bits per heavy atom. The number of hydrogen-bond acceptors (Lipinski definition) is 3. The Morgan fingerprint density at radius 1 is 1.12 bits per heavy atom. The van der Waals surface area contributed by atoms with Crippen molar-refractivity contribution in [3.8, 4) is 11.3 Å². The summed E-state index contributed by atoms with van der Waals surface area (Å²) in [4.78, 5) is 1.62. The topological polar surface area (TPSA) is 42.7 Å². The molecule has 0 amide bonds. The van der Waals surface area contributed by atoms with Crippen molar-refractivity contribution < 1.29 is 4.39 Å². The van der Waals surface area contributed by atoms with Crippen molar-refractivity contribution in [1.82, 2.24) is 20.3 Å². The number of halogens is 2. The molecule has 1 aromatic heterocycles. The van der Waals surface area contributed by atoms with Crippen LogP contribution in [0.15, 0.2) is 48.5 Å². The third-order valence-corrected chi connectivity index (χ3v) is 4.30. The molecule has 0 aliphatic heterocycles. The molecule has 0 bridgehead atoms. The highest BCUT2D eigenvalue weighted by Gasteiger charge is 2.14. The number of aromatic nitrogens is 3. The average molecular weight is 373 g/mol. The number of nitrogens with one attached hydrogen (secondary N) is 1. The Kier molecular flexibility index (Phi) is 6.01. The van der Waals surface area contributed by atoms with Gasteiger partial charge in [-0.15, -0.1) is 0 Å². The van der Waals surface area contributed by atoms with Gasteiger partial charge in [0.2, 0.25) is 0 Å². The van der Waals surface area contributed by atoms with Crippen LogP contribution in [0.1, 0.15) is 25.1 Å². The molecule has 6 heteroatoms. The first kappa shape index (κ1) is 18.5. The summed E-state index contributed by atoms with van der Waals surface area (Å²) < 4.78 is 13.2. The lowest BCUT2D eigenvalue weighted by Crippen LogP contribution is -2.19. The van der Waals surface area contributed by atoms with Crippen LogP contribution in [0.2, 0.25) is 5.02 Å². The maximum absolute atomic E-state index is 13.2. The number of hydrogen-bond donors (Lipinski definition) is 1. The molecule has 0 aliphatic rings. The maximum atomic E-state index is 13.2. The second kappa shape index (κ2) is 8.43. The van der Waals surface area contributed by atoms with Gasteiger partial charge in [0.05, 0.1) is 6.54 Å². The molecular weight excluding hydrogens is 351 g/mol. The van der Waals surface area contributed by atoms with Crippen LogP contribution in [0.3, 0.4) is 0 Å². The van der Waals surface area contributed by atoms with Crippen LogP contribution in [-0.2, 0) is 13.1 Å². The third-order valence-electron chi connectivity index (χ3n) is 3.94.